The molecule has 3 rings (SSSR count). The molecule has 0 saturated carbocycles. The van der Waals surface area contributed by atoms with E-state index in [9.17, 15) is 4.79 Å². The van der Waals surface area contributed by atoms with Crippen LogP contribution in [0.25, 0.3) is 0 Å². The number of hydrazine groups is 1. The normalized spacial score (nSPS) is 15.2. The molecule has 0 spiro atoms. The van der Waals surface area contributed by atoms with Gasteiger partial charge in [-0.2, -0.15) is 0 Å². The Morgan fingerprint density at radius 1 is 1.16 bits per heavy atom. The third-order valence-electron chi connectivity index (χ3n) is 5.62. The molecule has 2 heterocycles. The van der Waals surface area contributed by atoms with E-state index in [0.29, 0.717) is 41.2 Å². The van der Waals surface area contributed by atoms with Gasteiger partial charge in [-0.3, -0.25) is 9.80 Å². The fourth-order valence-corrected chi connectivity index (χ4v) is 4.04. The standard InChI is InChI=1S/C24H35ClN6O/c1-19(2)18-31(23-22(25)17-26-20(3)27-23)30(24(32)21-9-6-5-7-10-21)12-8-11-29-15-13-28(4)14-16-29/h5-7,9-10,17,19H,8,11-16,18H2,1-4H3. The quantitative estimate of drug-likeness (QED) is 0.535. The van der Waals surface area contributed by atoms with Gasteiger partial charge in [-0.15, -0.1) is 0 Å². The number of benzene rings is 1. The summed E-state index contributed by atoms with van der Waals surface area (Å²) in [5.41, 5.74) is 0.655. The van der Waals surface area contributed by atoms with Crippen molar-refractivity contribution in [3.63, 3.8) is 0 Å². The Kier molecular flexibility index (Phi) is 8.84. The molecule has 1 amide bonds. The van der Waals surface area contributed by atoms with Crippen LogP contribution in [0.1, 0.15) is 36.5 Å². The molecule has 0 bridgehead atoms. The van der Waals surface area contributed by atoms with Gasteiger partial charge in [0.05, 0.1) is 6.20 Å². The van der Waals surface area contributed by atoms with Crippen LogP contribution in [0.2, 0.25) is 5.02 Å². The molecular formula is C24H35ClN6O. The molecule has 1 fully saturated rings. The maximum absolute atomic E-state index is 13.6. The number of amides is 1. The highest BCUT2D eigenvalue weighted by atomic mass is 35.5. The van der Waals surface area contributed by atoms with Gasteiger partial charge in [-0.25, -0.2) is 15.0 Å². The minimum Gasteiger partial charge on any atom is -0.304 e. The maximum Gasteiger partial charge on any atom is 0.272 e. The molecule has 0 unspecified atom stereocenters. The van der Waals surface area contributed by atoms with Gasteiger partial charge >= 0.3 is 0 Å². The van der Waals surface area contributed by atoms with E-state index in [1.165, 1.54) is 0 Å². The van der Waals surface area contributed by atoms with Gasteiger partial charge in [0, 0.05) is 51.4 Å². The topological polar surface area (TPSA) is 55.8 Å². The maximum atomic E-state index is 13.6. The summed E-state index contributed by atoms with van der Waals surface area (Å²) >= 11 is 6.52. The van der Waals surface area contributed by atoms with Crippen molar-refractivity contribution in [2.75, 3.05) is 57.9 Å². The first-order valence-electron chi connectivity index (χ1n) is 11.4. The van der Waals surface area contributed by atoms with E-state index in [2.05, 4.69) is 40.7 Å². The number of aromatic nitrogens is 2. The number of hydrogen-bond donors (Lipinski definition) is 0. The molecule has 32 heavy (non-hydrogen) atoms. The van der Waals surface area contributed by atoms with Gasteiger partial charge in [-0.05, 0) is 38.4 Å². The minimum atomic E-state index is -0.0445. The summed E-state index contributed by atoms with van der Waals surface area (Å²) < 4.78 is 0. The SMILES string of the molecule is Cc1ncc(Cl)c(N(CC(C)C)N(CCCN2CCN(C)CC2)C(=O)c2ccccc2)n1. The van der Waals surface area contributed by atoms with Crippen molar-refractivity contribution in [3.8, 4) is 0 Å². The molecule has 0 N–H and O–H groups in total. The van der Waals surface area contributed by atoms with Crippen molar-refractivity contribution in [2.45, 2.75) is 27.2 Å². The summed E-state index contributed by atoms with van der Waals surface area (Å²) in [5.74, 6) is 1.47. The van der Waals surface area contributed by atoms with Crippen molar-refractivity contribution >= 4 is 23.3 Å². The van der Waals surface area contributed by atoms with Crippen molar-refractivity contribution in [3.05, 3.63) is 52.9 Å². The number of likely N-dealkylation sites (N-methyl/N-ethyl adjacent to an activating group) is 1. The summed E-state index contributed by atoms with van der Waals surface area (Å²) in [7, 11) is 2.16. The van der Waals surface area contributed by atoms with Crippen molar-refractivity contribution in [2.24, 2.45) is 5.92 Å². The molecule has 8 heteroatoms. The number of nitrogens with zero attached hydrogens (tertiary/aromatic N) is 6. The second-order valence-electron chi connectivity index (χ2n) is 8.86. The minimum absolute atomic E-state index is 0.0445. The molecule has 174 valence electrons. The number of rotatable bonds is 9. The zero-order valence-corrected chi connectivity index (χ0v) is 20.4. The predicted octanol–water partition coefficient (Wildman–Crippen LogP) is 3.60. The highest BCUT2D eigenvalue weighted by molar-refractivity contribution is 6.32. The smallest absolute Gasteiger partial charge is 0.272 e. The first-order valence-corrected chi connectivity index (χ1v) is 11.8. The molecule has 7 nitrogen and oxygen atoms in total. The lowest BCUT2D eigenvalue weighted by atomic mass is 10.2. The Balaban J connectivity index is 1.85. The van der Waals surface area contributed by atoms with Gasteiger partial charge < -0.3 is 9.80 Å². The van der Waals surface area contributed by atoms with Crippen LogP contribution in [0, 0.1) is 12.8 Å². The van der Waals surface area contributed by atoms with Gasteiger partial charge in [0.15, 0.2) is 5.82 Å². The summed E-state index contributed by atoms with van der Waals surface area (Å²) in [5, 5.41) is 4.21. The summed E-state index contributed by atoms with van der Waals surface area (Å²) in [4.78, 5) is 27.3. The first kappa shape index (κ1) is 24.4. The van der Waals surface area contributed by atoms with Crippen LogP contribution in [0.15, 0.2) is 36.5 Å². The average Bonchev–Trinajstić information content (AvgIpc) is 2.78. The number of anilines is 1. The lowest BCUT2D eigenvalue weighted by Gasteiger charge is -2.38. The van der Waals surface area contributed by atoms with Gasteiger partial charge in [0.2, 0.25) is 0 Å². The van der Waals surface area contributed by atoms with E-state index >= 15 is 0 Å². The van der Waals surface area contributed by atoms with Crippen LogP contribution in [-0.4, -0.2) is 83.5 Å². The third kappa shape index (κ3) is 6.64. The lowest BCUT2D eigenvalue weighted by Crippen LogP contribution is -2.50. The lowest BCUT2D eigenvalue weighted by molar-refractivity contribution is 0.0712. The molecule has 1 aromatic heterocycles. The fraction of sp³-hybridized carbons (Fsp3) is 0.542. The number of hydrogen-bond acceptors (Lipinski definition) is 6. The Hall–Kier alpha value is -2.22. The number of aryl methyl sites for hydroxylation is 1. The summed E-state index contributed by atoms with van der Waals surface area (Å²) in [6.07, 6.45) is 2.49. The molecule has 1 aromatic carbocycles. The Morgan fingerprint density at radius 2 is 1.84 bits per heavy atom. The number of halogens is 1. The Bertz CT molecular complexity index is 870. The largest absolute Gasteiger partial charge is 0.304 e. The zero-order valence-electron chi connectivity index (χ0n) is 19.7. The molecule has 0 radical (unpaired) electrons. The molecular weight excluding hydrogens is 424 g/mol. The van der Waals surface area contributed by atoms with E-state index in [0.717, 1.165) is 39.1 Å². The second kappa shape index (κ2) is 11.6. The first-order chi connectivity index (χ1) is 15.3. The van der Waals surface area contributed by atoms with Crippen LogP contribution in [0.5, 0.6) is 0 Å². The van der Waals surface area contributed by atoms with E-state index < -0.39 is 0 Å². The van der Waals surface area contributed by atoms with E-state index in [4.69, 9.17) is 11.6 Å². The number of carbonyl (C=O) groups is 1. The van der Waals surface area contributed by atoms with Crippen LogP contribution in [0.3, 0.4) is 0 Å². The van der Waals surface area contributed by atoms with Crippen molar-refractivity contribution in [1.82, 2.24) is 24.8 Å². The van der Waals surface area contributed by atoms with E-state index in [1.807, 2.05) is 47.3 Å². The molecule has 1 aliphatic rings. The number of carbonyl (C=O) groups excluding carboxylic acids is 1. The second-order valence-corrected chi connectivity index (χ2v) is 9.26. The fourth-order valence-electron chi connectivity index (χ4n) is 3.85. The molecule has 1 saturated heterocycles. The van der Waals surface area contributed by atoms with Crippen molar-refractivity contribution < 1.29 is 4.79 Å². The average molecular weight is 459 g/mol. The number of piperazine rings is 1. The summed E-state index contributed by atoms with van der Waals surface area (Å²) in [6.45, 7) is 12.6. The zero-order chi connectivity index (χ0) is 23.1. The van der Waals surface area contributed by atoms with Gasteiger partial charge in [-0.1, -0.05) is 43.6 Å². The summed E-state index contributed by atoms with van der Waals surface area (Å²) in [6, 6.07) is 9.42. The molecule has 1 aliphatic heterocycles. The highest BCUT2D eigenvalue weighted by Crippen LogP contribution is 2.26. The molecule has 0 aliphatic carbocycles. The van der Waals surface area contributed by atoms with Crippen LogP contribution < -0.4 is 5.01 Å². The van der Waals surface area contributed by atoms with E-state index in [1.54, 1.807) is 6.20 Å². The Morgan fingerprint density at radius 3 is 2.50 bits per heavy atom. The van der Waals surface area contributed by atoms with Crippen LogP contribution >= 0.6 is 11.6 Å². The molecule has 0 atom stereocenters. The predicted molar refractivity (Wildman–Crippen MR) is 130 cm³/mol. The molecule has 2 aromatic rings. The Labute approximate surface area is 197 Å². The van der Waals surface area contributed by atoms with Crippen LogP contribution in [-0.2, 0) is 0 Å². The van der Waals surface area contributed by atoms with Gasteiger partial charge in [0.25, 0.3) is 5.91 Å². The van der Waals surface area contributed by atoms with Crippen molar-refractivity contribution in [1.29, 1.82) is 0 Å². The third-order valence-corrected chi connectivity index (χ3v) is 5.88. The monoisotopic (exact) mass is 458 g/mol. The highest BCUT2D eigenvalue weighted by Gasteiger charge is 2.27. The van der Waals surface area contributed by atoms with E-state index in [-0.39, 0.29) is 5.91 Å². The van der Waals surface area contributed by atoms with Crippen LogP contribution in [0.4, 0.5) is 5.82 Å². The van der Waals surface area contributed by atoms with Gasteiger partial charge in [0.1, 0.15) is 10.8 Å².